The quantitative estimate of drug-likeness (QED) is 0.863. The molecule has 0 unspecified atom stereocenters. The van der Waals surface area contributed by atoms with E-state index in [1.54, 1.807) is 0 Å². The second kappa shape index (κ2) is 4.58. The highest BCUT2D eigenvalue weighted by Gasteiger charge is 2.15. The van der Waals surface area contributed by atoms with Gasteiger partial charge in [-0.3, -0.25) is 4.79 Å². The number of primary amides is 1. The molecule has 0 spiro atoms. The van der Waals surface area contributed by atoms with Crippen LogP contribution < -0.4 is 11.5 Å². The summed E-state index contributed by atoms with van der Waals surface area (Å²) in [5.74, 6) is -1.32. The molecule has 1 amide bonds. The highest BCUT2D eigenvalue weighted by atomic mass is 35.5. The molecule has 0 saturated carbocycles. The summed E-state index contributed by atoms with van der Waals surface area (Å²) in [5.41, 5.74) is 11.2. The Morgan fingerprint density at radius 3 is 2.39 bits per heavy atom. The number of rotatable bonds is 2. The number of halogens is 2. The number of hydrogen-bond acceptors (Lipinski definition) is 4. The molecule has 1 aromatic carbocycles. The van der Waals surface area contributed by atoms with E-state index in [4.69, 9.17) is 23.1 Å². The third-order valence-corrected chi connectivity index (χ3v) is 2.49. The molecule has 0 aliphatic carbocycles. The van der Waals surface area contributed by atoms with Gasteiger partial charge in [0.25, 0.3) is 5.91 Å². The van der Waals surface area contributed by atoms with Crippen molar-refractivity contribution in [3.8, 4) is 11.3 Å². The monoisotopic (exact) mass is 266 g/mol. The maximum atomic E-state index is 12.8. The Labute approximate surface area is 107 Å². The summed E-state index contributed by atoms with van der Waals surface area (Å²) >= 11 is 5.89. The Morgan fingerprint density at radius 2 is 1.83 bits per heavy atom. The van der Waals surface area contributed by atoms with E-state index in [1.165, 1.54) is 24.3 Å². The van der Waals surface area contributed by atoms with E-state index in [0.29, 0.717) is 5.56 Å². The number of amides is 1. The molecule has 5 nitrogen and oxygen atoms in total. The highest BCUT2D eigenvalue weighted by Crippen LogP contribution is 2.26. The molecule has 2 aromatic rings. The van der Waals surface area contributed by atoms with Crippen molar-refractivity contribution < 1.29 is 9.18 Å². The summed E-state index contributed by atoms with van der Waals surface area (Å²) in [7, 11) is 0. The minimum atomic E-state index is -0.812. The summed E-state index contributed by atoms with van der Waals surface area (Å²) in [6, 6.07) is 5.47. The van der Waals surface area contributed by atoms with Crippen LogP contribution in [0.25, 0.3) is 11.3 Å². The molecule has 0 saturated heterocycles. The summed E-state index contributed by atoms with van der Waals surface area (Å²) in [6.45, 7) is 0. The lowest BCUT2D eigenvalue weighted by molar-refractivity contribution is 0.0996. The van der Waals surface area contributed by atoms with Crippen molar-refractivity contribution in [2.45, 2.75) is 0 Å². The Balaban J connectivity index is 2.56. The lowest BCUT2D eigenvalue weighted by atomic mass is 10.1. The number of aromatic nitrogens is 2. The Kier molecular flexibility index (Phi) is 3.12. The van der Waals surface area contributed by atoms with Gasteiger partial charge in [-0.15, -0.1) is 0 Å². The third-order valence-electron chi connectivity index (χ3n) is 2.23. The molecule has 0 aliphatic heterocycles. The van der Waals surface area contributed by atoms with Gasteiger partial charge in [0.2, 0.25) is 0 Å². The van der Waals surface area contributed by atoms with Crippen molar-refractivity contribution in [2.24, 2.45) is 5.73 Å². The number of hydrogen-bond donors (Lipinski definition) is 2. The zero-order valence-electron chi connectivity index (χ0n) is 9.02. The summed E-state index contributed by atoms with van der Waals surface area (Å²) in [6.07, 6.45) is 0. The van der Waals surface area contributed by atoms with Gasteiger partial charge in [0.15, 0.2) is 16.7 Å². The van der Waals surface area contributed by atoms with Crippen molar-refractivity contribution in [1.29, 1.82) is 0 Å². The number of nitrogens with two attached hydrogens (primary N) is 2. The number of anilines is 1. The predicted octanol–water partition coefficient (Wildman–Crippen LogP) is 1.62. The van der Waals surface area contributed by atoms with Crippen LogP contribution in [-0.4, -0.2) is 15.9 Å². The van der Waals surface area contributed by atoms with Crippen LogP contribution in [0.4, 0.5) is 10.2 Å². The molecule has 0 atom stereocenters. The molecular formula is C11H8ClFN4O. The van der Waals surface area contributed by atoms with Crippen LogP contribution in [0.5, 0.6) is 0 Å². The number of nitrogens with zero attached hydrogens (tertiary/aromatic N) is 2. The SMILES string of the molecule is NC(=O)c1nc(Cl)c(-c2ccc(F)cc2)nc1N. The van der Waals surface area contributed by atoms with Crippen molar-refractivity contribution in [3.05, 3.63) is 40.9 Å². The first-order chi connectivity index (χ1) is 8.49. The van der Waals surface area contributed by atoms with Gasteiger partial charge in [-0.2, -0.15) is 0 Å². The van der Waals surface area contributed by atoms with Gasteiger partial charge in [0.05, 0.1) is 0 Å². The van der Waals surface area contributed by atoms with E-state index in [9.17, 15) is 9.18 Å². The van der Waals surface area contributed by atoms with Crippen LogP contribution in [0.2, 0.25) is 5.15 Å². The Hall–Kier alpha value is -2.21. The van der Waals surface area contributed by atoms with Gasteiger partial charge in [-0.1, -0.05) is 11.6 Å². The predicted molar refractivity (Wildman–Crippen MR) is 65.4 cm³/mol. The van der Waals surface area contributed by atoms with Crippen molar-refractivity contribution in [3.63, 3.8) is 0 Å². The van der Waals surface area contributed by atoms with Gasteiger partial charge >= 0.3 is 0 Å². The third kappa shape index (κ3) is 2.23. The molecule has 92 valence electrons. The highest BCUT2D eigenvalue weighted by molar-refractivity contribution is 6.32. The molecule has 0 bridgehead atoms. The smallest absolute Gasteiger partial charge is 0.271 e. The van der Waals surface area contributed by atoms with Crippen molar-refractivity contribution in [1.82, 2.24) is 9.97 Å². The van der Waals surface area contributed by atoms with Gasteiger partial charge in [0.1, 0.15) is 11.5 Å². The molecule has 18 heavy (non-hydrogen) atoms. The number of benzene rings is 1. The average Bonchev–Trinajstić information content (AvgIpc) is 2.32. The topological polar surface area (TPSA) is 94.9 Å². The van der Waals surface area contributed by atoms with Gasteiger partial charge in [-0.05, 0) is 24.3 Å². The first-order valence-electron chi connectivity index (χ1n) is 4.88. The number of carbonyl (C=O) groups excluding carboxylic acids is 1. The first kappa shape index (κ1) is 12.3. The maximum Gasteiger partial charge on any atom is 0.271 e. The van der Waals surface area contributed by atoms with E-state index in [-0.39, 0.29) is 28.2 Å². The standard InChI is InChI=1S/C11H8ClFN4O/c12-9-7(5-1-3-6(13)4-2-5)17-10(14)8(16-9)11(15)18/h1-4H,(H2,14,17)(H2,15,18). The van der Waals surface area contributed by atoms with E-state index in [1.807, 2.05) is 0 Å². The van der Waals surface area contributed by atoms with E-state index < -0.39 is 5.91 Å². The second-order valence-corrected chi connectivity index (χ2v) is 3.83. The first-order valence-corrected chi connectivity index (χ1v) is 5.25. The van der Waals surface area contributed by atoms with Crippen molar-refractivity contribution >= 4 is 23.3 Å². The largest absolute Gasteiger partial charge is 0.382 e. The molecule has 0 radical (unpaired) electrons. The molecule has 1 heterocycles. The average molecular weight is 267 g/mol. The number of carbonyl (C=O) groups is 1. The Morgan fingerprint density at radius 1 is 1.22 bits per heavy atom. The van der Waals surface area contributed by atoms with Crippen molar-refractivity contribution in [2.75, 3.05) is 5.73 Å². The van der Waals surface area contributed by atoms with Gasteiger partial charge in [-0.25, -0.2) is 14.4 Å². The summed E-state index contributed by atoms with van der Waals surface area (Å²) < 4.78 is 12.8. The van der Waals surface area contributed by atoms with E-state index >= 15 is 0 Å². The number of nitrogen functional groups attached to an aromatic ring is 1. The van der Waals surface area contributed by atoms with Crippen LogP contribution >= 0.6 is 11.6 Å². The molecule has 1 aromatic heterocycles. The normalized spacial score (nSPS) is 10.3. The van der Waals surface area contributed by atoms with Crippen LogP contribution in [0, 0.1) is 5.82 Å². The second-order valence-electron chi connectivity index (χ2n) is 3.47. The summed E-state index contributed by atoms with van der Waals surface area (Å²) in [5, 5.41) is -0.0235. The van der Waals surface area contributed by atoms with Gasteiger partial charge < -0.3 is 11.5 Å². The zero-order chi connectivity index (χ0) is 13.3. The molecule has 4 N–H and O–H groups in total. The molecule has 0 fully saturated rings. The van der Waals surface area contributed by atoms with E-state index in [0.717, 1.165) is 0 Å². The maximum absolute atomic E-state index is 12.8. The van der Waals surface area contributed by atoms with Crippen LogP contribution in [0.15, 0.2) is 24.3 Å². The van der Waals surface area contributed by atoms with Crippen LogP contribution in [0.3, 0.4) is 0 Å². The zero-order valence-corrected chi connectivity index (χ0v) is 9.78. The fraction of sp³-hybridized carbons (Fsp3) is 0. The van der Waals surface area contributed by atoms with E-state index in [2.05, 4.69) is 9.97 Å². The lowest BCUT2D eigenvalue weighted by Crippen LogP contribution is -2.17. The van der Waals surface area contributed by atoms with Crippen LogP contribution in [-0.2, 0) is 0 Å². The summed E-state index contributed by atoms with van der Waals surface area (Å²) in [4.78, 5) is 18.7. The van der Waals surface area contributed by atoms with Crippen LogP contribution in [0.1, 0.15) is 10.5 Å². The minimum Gasteiger partial charge on any atom is -0.382 e. The molecule has 0 aliphatic rings. The lowest BCUT2D eigenvalue weighted by Gasteiger charge is -2.06. The molecule has 2 rings (SSSR count). The fourth-order valence-electron chi connectivity index (χ4n) is 1.40. The minimum absolute atomic E-state index is 0.0235. The molecular weight excluding hydrogens is 259 g/mol. The fourth-order valence-corrected chi connectivity index (χ4v) is 1.64. The molecule has 7 heteroatoms. The Bertz CT molecular complexity index is 615. The van der Waals surface area contributed by atoms with Gasteiger partial charge in [0, 0.05) is 5.56 Å².